The molecule has 1 N–H and O–H groups in total. The lowest BCUT2D eigenvalue weighted by atomic mass is 9.73. The lowest BCUT2D eigenvalue weighted by Crippen LogP contribution is -2.63. The summed E-state index contributed by atoms with van der Waals surface area (Å²) in [4.78, 5) is 17.9. The van der Waals surface area contributed by atoms with Crippen molar-refractivity contribution < 1.29 is 9.18 Å². The fraction of sp³-hybridized carbons (Fsp3) is 0.571. The van der Waals surface area contributed by atoms with E-state index < -0.39 is 5.82 Å². The van der Waals surface area contributed by atoms with Gasteiger partial charge in [-0.25, -0.2) is 14.2 Å². The molecule has 1 saturated heterocycles. The number of nitrogens with one attached hydrogen (secondary N) is 1. The van der Waals surface area contributed by atoms with Gasteiger partial charge in [0, 0.05) is 18.2 Å². The van der Waals surface area contributed by atoms with Gasteiger partial charge in [-0.15, -0.1) is 0 Å². The van der Waals surface area contributed by atoms with Gasteiger partial charge < -0.3 is 10.2 Å². The van der Waals surface area contributed by atoms with Gasteiger partial charge in [0.15, 0.2) is 11.0 Å². The number of aromatic nitrogens is 1. The van der Waals surface area contributed by atoms with Crippen LogP contribution >= 0.6 is 11.6 Å². The molecule has 3 rings (SSSR count). The molecule has 1 spiro atoms. The first-order valence-electron chi connectivity index (χ1n) is 7.00. The van der Waals surface area contributed by atoms with Crippen LogP contribution in [-0.4, -0.2) is 28.0 Å². The molecule has 6 heteroatoms. The molecular weight excluding hydrogens is 281 g/mol. The van der Waals surface area contributed by atoms with Gasteiger partial charge in [0.05, 0.1) is 11.9 Å². The average Bonchev–Trinajstić information content (AvgIpc) is 2.42. The highest BCUT2D eigenvalue weighted by atomic mass is 35.5. The molecule has 0 bridgehead atoms. The van der Waals surface area contributed by atoms with Gasteiger partial charge in [-0.2, -0.15) is 0 Å². The highest BCUT2D eigenvalue weighted by molar-refractivity contribution is 6.29. The van der Waals surface area contributed by atoms with E-state index in [9.17, 15) is 9.18 Å². The van der Waals surface area contributed by atoms with Crippen molar-refractivity contribution in [1.29, 1.82) is 0 Å². The largest absolute Gasteiger partial charge is 0.322 e. The molecule has 2 fully saturated rings. The fourth-order valence-corrected chi connectivity index (χ4v) is 3.37. The van der Waals surface area contributed by atoms with Crippen molar-refractivity contribution >= 4 is 23.3 Å². The molecule has 20 heavy (non-hydrogen) atoms. The number of amides is 2. The van der Waals surface area contributed by atoms with Gasteiger partial charge in [-0.05, 0) is 19.3 Å². The number of halogens is 2. The maximum absolute atomic E-state index is 13.3. The predicted octanol–water partition coefficient (Wildman–Crippen LogP) is 3.81. The number of hydrogen-bond acceptors (Lipinski definition) is 2. The number of rotatable bonds is 1. The minimum atomic E-state index is -0.625. The maximum Gasteiger partial charge on any atom is 0.322 e. The molecule has 4 nitrogen and oxygen atoms in total. The molecule has 2 aliphatic rings. The maximum atomic E-state index is 13.3. The van der Waals surface area contributed by atoms with Crippen LogP contribution in [0.3, 0.4) is 0 Å². The second kappa shape index (κ2) is 5.20. The van der Waals surface area contributed by atoms with E-state index in [4.69, 9.17) is 11.6 Å². The molecule has 1 aromatic rings. The van der Waals surface area contributed by atoms with E-state index in [1.54, 1.807) is 0 Å². The molecule has 1 aliphatic heterocycles. The van der Waals surface area contributed by atoms with E-state index >= 15 is 0 Å². The van der Waals surface area contributed by atoms with Crippen LogP contribution in [0.4, 0.5) is 14.9 Å². The Morgan fingerprint density at radius 2 is 2.10 bits per heavy atom. The van der Waals surface area contributed by atoms with Crippen molar-refractivity contribution in [2.45, 2.75) is 44.1 Å². The monoisotopic (exact) mass is 297 g/mol. The normalized spacial score (nSPS) is 20.6. The Kier molecular flexibility index (Phi) is 3.54. The summed E-state index contributed by atoms with van der Waals surface area (Å²) in [5.41, 5.74) is 0.385. The fourth-order valence-electron chi connectivity index (χ4n) is 3.27. The van der Waals surface area contributed by atoms with Crippen molar-refractivity contribution in [3.8, 4) is 0 Å². The van der Waals surface area contributed by atoms with Gasteiger partial charge in [0.1, 0.15) is 0 Å². The zero-order valence-electron chi connectivity index (χ0n) is 11.2. The molecule has 1 aromatic heterocycles. The Labute approximate surface area is 122 Å². The molecule has 0 aromatic carbocycles. The quantitative estimate of drug-likeness (QED) is 0.801. The van der Waals surface area contributed by atoms with Crippen molar-refractivity contribution in [3.05, 3.63) is 23.2 Å². The molecule has 0 atom stereocenters. The molecule has 2 heterocycles. The minimum Gasteiger partial charge on any atom is -0.319 e. The summed E-state index contributed by atoms with van der Waals surface area (Å²) in [6.07, 6.45) is 8.22. The van der Waals surface area contributed by atoms with Crippen LogP contribution in [0.15, 0.2) is 12.3 Å². The summed E-state index contributed by atoms with van der Waals surface area (Å²) in [5.74, 6) is -0.625. The van der Waals surface area contributed by atoms with E-state index in [0.717, 1.165) is 25.8 Å². The first-order valence-corrected chi connectivity index (χ1v) is 7.38. The Balaban J connectivity index is 1.68. The summed E-state index contributed by atoms with van der Waals surface area (Å²) in [6.45, 7) is 0.773. The standard InChI is InChI=1S/C14H17ClFN3O/c15-12-11(16)8-10(9-17-12)18-13(20)19-7-6-14(19)4-2-1-3-5-14/h8-9H,1-7H2,(H,18,20). The van der Waals surface area contributed by atoms with Gasteiger partial charge >= 0.3 is 6.03 Å². The number of likely N-dealkylation sites (tertiary alicyclic amines) is 1. The van der Waals surface area contributed by atoms with Crippen LogP contribution in [0, 0.1) is 5.82 Å². The van der Waals surface area contributed by atoms with Crippen LogP contribution in [-0.2, 0) is 0 Å². The topological polar surface area (TPSA) is 45.2 Å². The molecule has 2 amide bonds. The summed E-state index contributed by atoms with van der Waals surface area (Å²) >= 11 is 5.53. The Hall–Kier alpha value is -1.36. The summed E-state index contributed by atoms with van der Waals surface area (Å²) in [7, 11) is 0. The van der Waals surface area contributed by atoms with Crippen molar-refractivity contribution in [2.75, 3.05) is 11.9 Å². The smallest absolute Gasteiger partial charge is 0.319 e. The van der Waals surface area contributed by atoms with E-state index in [-0.39, 0.29) is 16.7 Å². The van der Waals surface area contributed by atoms with E-state index in [2.05, 4.69) is 10.3 Å². The number of carbonyl (C=O) groups is 1. The van der Waals surface area contributed by atoms with Crippen LogP contribution in [0.25, 0.3) is 0 Å². The Bertz CT molecular complexity index is 531. The zero-order chi connectivity index (χ0) is 14.2. The molecular formula is C14H17ClFN3O. The molecule has 1 saturated carbocycles. The van der Waals surface area contributed by atoms with Gasteiger partial charge in [0.25, 0.3) is 0 Å². The Morgan fingerprint density at radius 3 is 2.70 bits per heavy atom. The lowest BCUT2D eigenvalue weighted by molar-refractivity contribution is 0.000109. The number of urea groups is 1. The molecule has 108 valence electrons. The number of anilines is 1. The number of pyridine rings is 1. The van der Waals surface area contributed by atoms with Crippen molar-refractivity contribution in [3.63, 3.8) is 0 Å². The lowest BCUT2D eigenvalue weighted by Gasteiger charge is -2.54. The van der Waals surface area contributed by atoms with Gasteiger partial charge in [0.2, 0.25) is 0 Å². The third kappa shape index (κ3) is 2.35. The van der Waals surface area contributed by atoms with Crippen LogP contribution in [0.2, 0.25) is 5.15 Å². The molecule has 0 unspecified atom stereocenters. The third-order valence-electron chi connectivity index (χ3n) is 4.45. The molecule has 0 radical (unpaired) electrons. The summed E-state index contributed by atoms with van der Waals surface area (Å²) < 4.78 is 13.3. The SMILES string of the molecule is O=C(Nc1cnc(Cl)c(F)c1)N1CCC12CCCCC2. The second-order valence-corrected chi connectivity index (χ2v) is 5.97. The van der Waals surface area contributed by atoms with E-state index in [1.165, 1.54) is 31.5 Å². The first kappa shape index (κ1) is 13.6. The van der Waals surface area contributed by atoms with E-state index in [0.29, 0.717) is 5.69 Å². The predicted molar refractivity (Wildman–Crippen MR) is 75.4 cm³/mol. The first-order chi connectivity index (χ1) is 9.61. The van der Waals surface area contributed by atoms with Crippen LogP contribution in [0.1, 0.15) is 38.5 Å². The average molecular weight is 298 g/mol. The van der Waals surface area contributed by atoms with Crippen molar-refractivity contribution in [2.24, 2.45) is 0 Å². The number of hydrogen-bond donors (Lipinski definition) is 1. The van der Waals surface area contributed by atoms with Gasteiger partial charge in [-0.1, -0.05) is 30.9 Å². The van der Waals surface area contributed by atoms with Crippen molar-refractivity contribution in [1.82, 2.24) is 9.88 Å². The zero-order valence-corrected chi connectivity index (χ0v) is 11.9. The summed E-state index contributed by atoms with van der Waals surface area (Å²) in [6, 6.07) is 1.03. The molecule has 1 aliphatic carbocycles. The van der Waals surface area contributed by atoms with Crippen LogP contribution < -0.4 is 5.32 Å². The summed E-state index contributed by atoms with van der Waals surface area (Å²) in [5, 5.41) is 2.52. The Morgan fingerprint density at radius 1 is 1.35 bits per heavy atom. The van der Waals surface area contributed by atoms with Gasteiger partial charge in [-0.3, -0.25) is 0 Å². The highest BCUT2D eigenvalue weighted by Gasteiger charge is 2.47. The highest BCUT2D eigenvalue weighted by Crippen LogP contribution is 2.43. The second-order valence-electron chi connectivity index (χ2n) is 5.61. The van der Waals surface area contributed by atoms with Crippen LogP contribution in [0.5, 0.6) is 0 Å². The minimum absolute atomic E-state index is 0.0424. The number of carbonyl (C=O) groups excluding carboxylic acids is 1. The van der Waals surface area contributed by atoms with E-state index in [1.807, 2.05) is 4.90 Å². The third-order valence-corrected chi connectivity index (χ3v) is 4.73. The number of nitrogens with zero attached hydrogens (tertiary/aromatic N) is 2.